The Bertz CT molecular complexity index is 738. The first-order valence-electron chi connectivity index (χ1n) is 11.2. The first-order chi connectivity index (χ1) is 12.7. The van der Waals surface area contributed by atoms with Crippen LogP contribution in [0, 0.1) is 28.1 Å². The van der Waals surface area contributed by atoms with Crippen molar-refractivity contribution in [1.82, 2.24) is 0 Å². The summed E-state index contributed by atoms with van der Waals surface area (Å²) < 4.78 is 6.10. The van der Waals surface area contributed by atoms with Gasteiger partial charge in [0.1, 0.15) is 5.60 Å². The first-order valence-corrected chi connectivity index (χ1v) is 11.2. The van der Waals surface area contributed by atoms with E-state index in [4.69, 9.17) is 4.74 Å². The smallest absolute Gasteiger partial charge is 0.306 e. The maximum absolute atomic E-state index is 12.1. The second-order valence-electron chi connectivity index (χ2n) is 11.0. The largest absolute Gasteiger partial charge is 0.458 e. The number of esters is 1. The Kier molecular flexibility index (Phi) is 3.64. The molecule has 0 aromatic heterocycles. The topological polar surface area (TPSA) is 43.4 Å². The van der Waals surface area contributed by atoms with E-state index in [2.05, 4.69) is 20.8 Å². The summed E-state index contributed by atoms with van der Waals surface area (Å²) in [6.07, 6.45) is 13.5. The molecular weight excluding hydrogens is 336 g/mol. The average Bonchev–Trinajstić information content (AvgIpc) is 3.14. The van der Waals surface area contributed by atoms with Gasteiger partial charge in [-0.25, -0.2) is 0 Å². The SMILES string of the molecule is CC1CCC2(C)C(CC[C@@]23CCC(=O)O3)C12CCC1=CC(=O)CCC1(C)C2. The van der Waals surface area contributed by atoms with Crippen LogP contribution in [0.2, 0.25) is 0 Å². The molecule has 3 saturated carbocycles. The Morgan fingerprint density at radius 2 is 1.78 bits per heavy atom. The van der Waals surface area contributed by atoms with Crippen LogP contribution in [0.25, 0.3) is 0 Å². The van der Waals surface area contributed by atoms with Gasteiger partial charge in [-0.1, -0.05) is 26.3 Å². The number of allylic oxidation sites excluding steroid dienone is 2. The molecule has 0 N–H and O–H groups in total. The minimum Gasteiger partial charge on any atom is -0.458 e. The van der Waals surface area contributed by atoms with Crippen molar-refractivity contribution in [3.05, 3.63) is 11.6 Å². The minimum atomic E-state index is -0.193. The van der Waals surface area contributed by atoms with E-state index in [1.807, 2.05) is 6.08 Å². The van der Waals surface area contributed by atoms with Gasteiger partial charge in [-0.3, -0.25) is 9.59 Å². The first kappa shape index (κ1) is 17.9. The lowest BCUT2D eigenvalue weighted by Crippen LogP contribution is -2.57. The van der Waals surface area contributed by atoms with E-state index >= 15 is 0 Å². The molecule has 4 fully saturated rings. The van der Waals surface area contributed by atoms with Crippen LogP contribution in [-0.4, -0.2) is 17.4 Å². The number of ketones is 1. The van der Waals surface area contributed by atoms with Gasteiger partial charge in [-0.05, 0) is 86.5 Å². The van der Waals surface area contributed by atoms with Crippen molar-refractivity contribution in [1.29, 1.82) is 0 Å². The number of ether oxygens (including phenoxy) is 1. The fourth-order valence-corrected chi connectivity index (χ4v) is 8.45. The zero-order valence-electron chi connectivity index (χ0n) is 17.2. The van der Waals surface area contributed by atoms with Crippen LogP contribution in [-0.2, 0) is 14.3 Å². The summed E-state index contributed by atoms with van der Waals surface area (Å²) in [6, 6.07) is 0. The van der Waals surface area contributed by atoms with Crippen LogP contribution in [0.15, 0.2) is 11.6 Å². The Balaban J connectivity index is 1.54. The highest BCUT2D eigenvalue weighted by Crippen LogP contribution is 2.73. The van der Waals surface area contributed by atoms with Crippen LogP contribution in [0.5, 0.6) is 0 Å². The molecule has 1 heterocycles. The number of fused-ring (bicyclic) bond motifs is 4. The summed E-state index contributed by atoms with van der Waals surface area (Å²) in [6.45, 7) is 7.36. The van der Waals surface area contributed by atoms with E-state index in [0.717, 1.165) is 31.6 Å². The van der Waals surface area contributed by atoms with Gasteiger partial charge in [-0.15, -0.1) is 0 Å². The standard InChI is InChI=1S/C24H34O3/c1-16-4-10-22(3)19(7-12-24(22)13-8-20(26)27-24)23(16)11-5-17-14-18(25)6-9-21(17,2)15-23/h14,16,19H,4-13,15H2,1-3H3/t16?,19?,21?,22?,23?,24-/m1/s1. The second kappa shape index (κ2) is 5.48. The van der Waals surface area contributed by atoms with Crippen molar-refractivity contribution in [2.75, 3.05) is 0 Å². The quantitative estimate of drug-likeness (QED) is 0.538. The van der Waals surface area contributed by atoms with Crippen molar-refractivity contribution in [3.63, 3.8) is 0 Å². The lowest BCUT2D eigenvalue weighted by molar-refractivity contribution is -0.176. The summed E-state index contributed by atoms with van der Waals surface area (Å²) in [4.78, 5) is 24.1. The maximum atomic E-state index is 12.1. The van der Waals surface area contributed by atoms with Crippen LogP contribution in [0.1, 0.15) is 91.4 Å². The van der Waals surface area contributed by atoms with Gasteiger partial charge in [0.05, 0.1) is 0 Å². The Morgan fingerprint density at radius 3 is 2.52 bits per heavy atom. The zero-order valence-corrected chi connectivity index (χ0v) is 17.2. The van der Waals surface area contributed by atoms with E-state index in [1.54, 1.807) is 0 Å². The molecule has 148 valence electrons. The second-order valence-corrected chi connectivity index (χ2v) is 11.0. The molecule has 1 aliphatic heterocycles. The molecule has 0 radical (unpaired) electrons. The summed E-state index contributed by atoms with van der Waals surface area (Å²) in [5, 5.41) is 0. The van der Waals surface area contributed by atoms with Crippen molar-refractivity contribution < 1.29 is 14.3 Å². The number of hydrogen-bond donors (Lipinski definition) is 0. The van der Waals surface area contributed by atoms with Gasteiger partial charge in [0.25, 0.3) is 0 Å². The molecule has 3 heteroatoms. The molecule has 0 aromatic carbocycles. The van der Waals surface area contributed by atoms with Gasteiger partial charge >= 0.3 is 5.97 Å². The summed E-state index contributed by atoms with van der Waals surface area (Å²) >= 11 is 0. The maximum Gasteiger partial charge on any atom is 0.306 e. The Hall–Kier alpha value is -1.12. The molecule has 5 rings (SSSR count). The molecule has 5 unspecified atom stereocenters. The molecular formula is C24H34O3. The van der Waals surface area contributed by atoms with E-state index in [-0.39, 0.29) is 22.4 Å². The molecule has 4 aliphatic carbocycles. The zero-order chi connectivity index (χ0) is 19.1. The highest BCUT2D eigenvalue weighted by molar-refractivity contribution is 5.91. The van der Waals surface area contributed by atoms with Crippen molar-refractivity contribution >= 4 is 11.8 Å². The summed E-state index contributed by atoms with van der Waals surface area (Å²) in [5.74, 6) is 1.73. The van der Waals surface area contributed by atoms with E-state index < -0.39 is 0 Å². The van der Waals surface area contributed by atoms with Crippen molar-refractivity contribution in [3.8, 4) is 0 Å². The molecule has 6 atom stereocenters. The van der Waals surface area contributed by atoms with Crippen molar-refractivity contribution in [2.24, 2.45) is 28.1 Å². The molecule has 3 nitrogen and oxygen atoms in total. The normalized spacial score (nSPS) is 51.9. The third kappa shape index (κ3) is 2.20. The number of hydrogen-bond acceptors (Lipinski definition) is 3. The van der Waals surface area contributed by atoms with Crippen LogP contribution >= 0.6 is 0 Å². The predicted molar refractivity (Wildman–Crippen MR) is 104 cm³/mol. The van der Waals surface area contributed by atoms with Gasteiger partial charge in [0, 0.05) is 18.3 Å². The molecule has 0 bridgehead atoms. The molecule has 2 spiro atoms. The van der Waals surface area contributed by atoms with Gasteiger partial charge in [0.15, 0.2) is 5.78 Å². The molecule has 0 amide bonds. The third-order valence-corrected chi connectivity index (χ3v) is 10.1. The Labute approximate surface area is 163 Å². The van der Waals surface area contributed by atoms with Gasteiger partial charge in [0.2, 0.25) is 0 Å². The van der Waals surface area contributed by atoms with Crippen molar-refractivity contribution in [2.45, 2.75) is 97.0 Å². The lowest BCUT2D eigenvalue weighted by atomic mass is 9.43. The fourth-order valence-electron chi connectivity index (χ4n) is 8.45. The third-order valence-electron chi connectivity index (χ3n) is 10.1. The minimum absolute atomic E-state index is 0.0242. The number of carbonyl (C=O) groups is 2. The highest BCUT2D eigenvalue weighted by atomic mass is 16.6. The predicted octanol–water partition coefficient (Wildman–Crippen LogP) is 5.37. The average molecular weight is 371 g/mol. The Morgan fingerprint density at radius 1 is 0.963 bits per heavy atom. The number of rotatable bonds is 0. The van der Waals surface area contributed by atoms with Crippen LogP contribution < -0.4 is 0 Å². The number of carbonyl (C=O) groups excluding carboxylic acids is 2. The van der Waals surface area contributed by atoms with E-state index in [1.165, 1.54) is 37.7 Å². The fraction of sp³-hybridized carbons (Fsp3) is 0.833. The van der Waals surface area contributed by atoms with Crippen LogP contribution in [0.4, 0.5) is 0 Å². The molecule has 5 aliphatic rings. The lowest BCUT2D eigenvalue weighted by Gasteiger charge is -2.62. The van der Waals surface area contributed by atoms with Crippen LogP contribution in [0.3, 0.4) is 0 Å². The van der Waals surface area contributed by atoms with Gasteiger partial charge in [-0.2, -0.15) is 0 Å². The summed E-state index contributed by atoms with van der Waals surface area (Å²) in [5.41, 5.74) is 1.90. The van der Waals surface area contributed by atoms with E-state index in [9.17, 15) is 9.59 Å². The molecule has 27 heavy (non-hydrogen) atoms. The monoisotopic (exact) mass is 370 g/mol. The van der Waals surface area contributed by atoms with Gasteiger partial charge < -0.3 is 4.74 Å². The van der Waals surface area contributed by atoms with E-state index in [0.29, 0.717) is 30.0 Å². The highest BCUT2D eigenvalue weighted by Gasteiger charge is 2.69. The molecule has 1 saturated heterocycles. The summed E-state index contributed by atoms with van der Waals surface area (Å²) in [7, 11) is 0. The molecule has 0 aromatic rings.